The number of halogens is 2. The molecule has 0 saturated heterocycles. The van der Waals surface area contributed by atoms with Gasteiger partial charge in [0.2, 0.25) is 11.0 Å². The molecule has 0 bridgehead atoms. The average Bonchev–Trinajstić information content (AvgIpc) is 3.02. The highest BCUT2D eigenvalue weighted by atomic mass is 35.5. The number of anilines is 1. The maximum Gasteiger partial charge on any atom is 0.304 e. The number of carboxylic acid groups (broad SMARTS) is 1. The molecule has 0 aliphatic carbocycles. The van der Waals surface area contributed by atoms with Crippen LogP contribution >= 0.6 is 22.9 Å². The molecule has 8 heteroatoms. The molecule has 0 aliphatic rings. The third-order valence-electron chi connectivity index (χ3n) is 4.06. The van der Waals surface area contributed by atoms with Crippen LogP contribution in [-0.2, 0) is 16.0 Å². The van der Waals surface area contributed by atoms with E-state index >= 15 is 0 Å². The summed E-state index contributed by atoms with van der Waals surface area (Å²) in [6, 6.07) is 15.8. The monoisotopic (exact) mass is 418 g/mol. The highest BCUT2D eigenvalue weighted by molar-refractivity contribution is 7.14. The van der Waals surface area contributed by atoms with E-state index in [1.54, 1.807) is 24.3 Å². The summed E-state index contributed by atoms with van der Waals surface area (Å²) in [5, 5.41) is 11.5. The Balaban J connectivity index is 1.79. The average molecular weight is 419 g/mol. The van der Waals surface area contributed by atoms with E-state index in [4.69, 9.17) is 16.7 Å². The van der Waals surface area contributed by atoms with Crippen molar-refractivity contribution in [3.8, 4) is 11.3 Å². The van der Waals surface area contributed by atoms with Crippen LogP contribution in [0.3, 0.4) is 0 Å². The van der Waals surface area contributed by atoms with Crippen LogP contribution in [0.1, 0.15) is 12.0 Å². The van der Waals surface area contributed by atoms with Gasteiger partial charge >= 0.3 is 5.97 Å². The second kappa shape index (κ2) is 8.95. The van der Waals surface area contributed by atoms with Gasteiger partial charge in [0.1, 0.15) is 5.69 Å². The fourth-order valence-corrected chi connectivity index (χ4v) is 3.68. The van der Waals surface area contributed by atoms with E-state index in [-0.39, 0.29) is 23.7 Å². The first kappa shape index (κ1) is 20.0. The quantitative estimate of drug-likeness (QED) is 0.573. The predicted octanol–water partition coefficient (Wildman–Crippen LogP) is 4.87. The minimum atomic E-state index is -1.09. The van der Waals surface area contributed by atoms with Crippen molar-refractivity contribution in [1.82, 2.24) is 4.98 Å². The van der Waals surface area contributed by atoms with Crippen molar-refractivity contribution in [2.45, 2.75) is 12.8 Å². The zero-order chi connectivity index (χ0) is 20.1. The van der Waals surface area contributed by atoms with Gasteiger partial charge in [-0.25, -0.2) is 4.98 Å². The molecule has 0 radical (unpaired) electrons. The molecule has 1 amide bonds. The van der Waals surface area contributed by atoms with E-state index in [1.807, 2.05) is 30.3 Å². The Morgan fingerprint density at radius 1 is 1.14 bits per heavy atom. The fraction of sp³-hybridized carbons (Fsp3) is 0.150. The number of rotatable bonds is 7. The van der Waals surface area contributed by atoms with E-state index in [2.05, 4.69) is 10.3 Å². The second-order valence-electron chi connectivity index (χ2n) is 6.09. The van der Waals surface area contributed by atoms with E-state index in [9.17, 15) is 14.0 Å². The van der Waals surface area contributed by atoms with Gasteiger partial charge in [-0.2, -0.15) is 4.39 Å². The van der Waals surface area contributed by atoms with Gasteiger partial charge < -0.3 is 10.4 Å². The Labute approximate surface area is 169 Å². The largest absolute Gasteiger partial charge is 0.481 e. The summed E-state index contributed by atoms with van der Waals surface area (Å²) >= 11 is 6.76. The number of nitrogens with one attached hydrogen (secondary N) is 1. The minimum absolute atomic E-state index is 0.0451. The van der Waals surface area contributed by atoms with Crippen LogP contribution in [0.5, 0.6) is 0 Å². The summed E-state index contributed by atoms with van der Waals surface area (Å²) in [5.41, 5.74) is 1.31. The number of carboxylic acids is 1. The lowest BCUT2D eigenvalue weighted by Gasteiger charge is -2.14. The van der Waals surface area contributed by atoms with Gasteiger partial charge in [0.25, 0.3) is 0 Å². The number of hydrogen-bond donors (Lipinski definition) is 2. The number of hydrogen-bond acceptors (Lipinski definition) is 4. The molecule has 0 aliphatic heterocycles. The molecule has 0 fully saturated rings. The first-order valence-electron chi connectivity index (χ1n) is 8.42. The van der Waals surface area contributed by atoms with Crippen molar-refractivity contribution in [3.63, 3.8) is 0 Å². The van der Waals surface area contributed by atoms with Crippen LogP contribution in [0.15, 0.2) is 54.6 Å². The first-order valence-corrected chi connectivity index (χ1v) is 9.61. The Hall–Kier alpha value is -2.77. The molecule has 0 unspecified atom stereocenters. The van der Waals surface area contributed by atoms with Gasteiger partial charge in [0.05, 0.1) is 17.4 Å². The minimum Gasteiger partial charge on any atom is -0.481 e. The molecule has 28 heavy (non-hydrogen) atoms. The Bertz CT molecular complexity index is 994. The molecule has 5 nitrogen and oxygen atoms in total. The molecule has 144 valence electrons. The summed E-state index contributed by atoms with van der Waals surface area (Å²) in [6.45, 7) is 0. The highest BCUT2D eigenvalue weighted by Crippen LogP contribution is 2.34. The molecular formula is C20H16ClFN2O3S. The van der Waals surface area contributed by atoms with Gasteiger partial charge in [-0.05, 0) is 18.1 Å². The van der Waals surface area contributed by atoms with Crippen LogP contribution in [0.4, 0.5) is 9.52 Å². The topological polar surface area (TPSA) is 79.3 Å². The van der Waals surface area contributed by atoms with Crippen LogP contribution in [0, 0.1) is 11.0 Å². The van der Waals surface area contributed by atoms with Crippen molar-refractivity contribution < 1.29 is 19.1 Å². The standard InChI is InChI=1S/C20H16ClFN2O3S/c21-15-9-5-4-8-14(15)17-18(22)28-20(23-17)24-19(27)13(11-16(25)26)10-12-6-2-1-3-7-12/h1-9,13H,10-11H2,(H,25,26)(H,23,24,27)/t13-/m1/s1. The van der Waals surface area contributed by atoms with Gasteiger partial charge in [-0.1, -0.05) is 71.5 Å². The predicted molar refractivity (Wildman–Crippen MR) is 107 cm³/mol. The molecule has 1 heterocycles. The first-order chi connectivity index (χ1) is 13.4. The van der Waals surface area contributed by atoms with Gasteiger partial charge in [-0.3, -0.25) is 9.59 Å². The van der Waals surface area contributed by atoms with Crippen molar-refractivity contribution in [1.29, 1.82) is 0 Å². The zero-order valence-electron chi connectivity index (χ0n) is 14.6. The van der Waals surface area contributed by atoms with Crippen LogP contribution in [-0.4, -0.2) is 22.0 Å². The Morgan fingerprint density at radius 3 is 2.50 bits per heavy atom. The maximum atomic E-state index is 14.3. The molecule has 1 aromatic heterocycles. The maximum absolute atomic E-state index is 14.3. The number of nitrogens with zero attached hydrogens (tertiary/aromatic N) is 1. The lowest BCUT2D eigenvalue weighted by molar-refractivity contribution is -0.140. The third-order valence-corrected chi connectivity index (χ3v) is 5.15. The summed E-state index contributed by atoms with van der Waals surface area (Å²) in [4.78, 5) is 27.9. The molecule has 0 saturated carbocycles. The van der Waals surface area contributed by atoms with E-state index < -0.39 is 22.9 Å². The lowest BCUT2D eigenvalue weighted by atomic mass is 9.95. The summed E-state index contributed by atoms with van der Waals surface area (Å²) in [7, 11) is 0. The summed E-state index contributed by atoms with van der Waals surface area (Å²) in [6.07, 6.45) is -0.0871. The Kier molecular flexibility index (Phi) is 6.38. The van der Waals surface area contributed by atoms with Crippen LogP contribution in [0.25, 0.3) is 11.3 Å². The van der Waals surface area contributed by atoms with Crippen molar-refractivity contribution in [2.24, 2.45) is 5.92 Å². The number of aliphatic carboxylic acids is 1. The highest BCUT2D eigenvalue weighted by Gasteiger charge is 2.24. The normalized spacial score (nSPS) is 11.8. The molecule has 1 atom stereocenters. The third kappa shape index (κ3) is 4.94. The number of amides is 1. The Morgan fingerprint density at radius 2 is 1.82 bits per heavy atom. The lowest BCUT2D eigenvalue weighted by Crippen LogP contribution is -2.27. The number of carbonyl (C=O) groups excluding carboxylic acids is 1. The number of carbonyl (C=O) groups is 2. The molecule has 2 aromatic carbocycles. The number of aromatic nitrogens is 1. The van der Waals surface area contributed by atoms with Crippen LogP contribution in [0.2, 0.25) is 5.02 Å². The van der Waals surface area contributed by atoms with Crippen molar-refractivity contribution in [3.05, 3.63) is 70.3 Å². The van der Waals surface area contributed by atoms with E-state index in [0.717, 1.165) is 5.56 Å². The fourth-order valence-electron chi connectivity index (χ4n) is 2.75. The SMILES string of the molecule is O=C(O)C[C@@H](Cc1ccccc1)C(=O)Nc1nc(-c2ccccc2Cl)c(F)s1. The number of benzene rings is 2. The summed E-state index contributed by atoms with van der Waals surface area (Å²) < 4.78 is 14.3. The van der Waals surface area contributed by atoms with Crippen LogP contribution < -0.4 is 5.32 Å². The van der Waals surface area contributed by atoms with Crippen molar-refractivity contribution in [2.75, 3.05) is 5.32 Å². The molecule has 0 spiro atoms. The molecule has 3 aromatic rings. The van der Waals surface area contributed by atoms with E-state index in [0.29, 0.717) is 21.9 Å². The smallest absolute Gasteiger partial charge is 0.304 e. The molecule has 3 rings (SSSR count). The van der Waals surface area contributed by atoms with E-state index in [1.165, 1.54) is 0 Å². The molecule has 2 N–H and O–H groups in total. The second-order valence-corrected chi connectivity index (χ2v) is 7.45. The van der Waals surface area contributed by atoms with Gasteiger partial charge in [-0.15, -0.1) is 0 Å². The van der Waals surface area contributed by atoms with Gasteiger partial charge in [0, 0.05) is 5.56 Å². The van der Waals surface area contributed by atoms with Crippen molar-refractivity contribution >= 4 is 39.9 Å². The summed E-state index contributed by atoms with van der Waals surface area (Å²) in [5.74, 6) is -2.42. The molecular weight excluding hydrogens is 403 g/mol. The zero-order valence-corrected chi connectivity index (χ0v) is 16.1. The number of thiazole rings is 1. The van der Waals surface area contributed by atoms with Gasteiger partial charge in [0.15, 0.2) is 5.13 Å².